The molecule has 1 aliphatic rings. The van der Waals surface area contributed by atoms with Crippen LogP contribution in [0.15, 0.2) is 66.4 Å². The Balaban J connectivity index is 1.41. The lowest BCUT2D eigenvalue weighted by Crippen LogP contribution is -2.32. The molecule has 1 aliphatic carbocycles. The Morgan fingerprint density at radius 3 is 2.37 bits per heavy atom. The van der Waals surface area contributed by atoms with Gasteiger partial charge in [0, 0.05) is 24.2 Å². The predicted octanol–water partition coefficient (Wildman–Crippen LogP) is 7.08. The summed E-state index contributed by atoms with van der Waals surface area (Å²) in [6.45, 7) is 7.51. The standard InChI is InChI=1S/C33H39N5O5/c1-5-22-13-15-23(16-14-22)26-10-6-7-11-27(26)30(39)36-25-17-18-29(34-21-25)38(32(41)42)20-19-24-9-8-12-28(35-24)37-31(40)43-33(2,3)4/h8-9,12-18,21H,5-7,10-11,19-20H2,1-4H3,(H,36,39)(H,41,42)(H,35,37,40). The molecule has 2 heterocycles. The molecule has 10 nitrogen and oxygen atoms in total. The molecule has 3 amide bonds. The summed E-state index contributed by atoms with van der Waals surface area (Å²) in [5, 5.41) is 15.4. The zero-order valence-electron chi connectivity index (χ0n) is 25.1. The second kappa shape index (κ2) is 14.0. The molecule has 2 aromatic heterocycles. The third-order valence-corrected chi connectivity index (χ3v) is 6.99. The first kappa shape index (κ1) is 31.2. The molecule has 0 radical (unpaired) electrons. The zero-order chi connectivity index (χ0) is 31.0. The van der Waals surface area contributed by atoms with Crippen molar-refractivity contribution in [3.05, 3.63) is 83.2 Å². The van der Waals surface area contributed by atoms with Crippen LogP contribution in [0.2, 0.25) is 0 Å². The number of carboxylic acid groups (broad SMARTS) is 1. The highest BCUT2D eigenvalue weighted by molar-refractivity contribution is 6.09. The van der Waals surface area contributed by atoms with E-state index in [2.05, 4.69) is 51.8 Å². The number of hydrogen-bond donors (Lipinski definition) is 3. The van der Waals surface area contributed by atoms with Crippen molar-refractivity contribution in [1.29, 1.82) is 0 Å². The number of anilines is 3. The van der Waals surface area contributed by atoms with Crippen LogP contribution in [0.5, 0.6) is 0 Å². The maximum Gasteiger partial charge on any atom is 0.413 e. The Labute approximate surface area is 252 Å². The zero-order valence-corrected chi connectivity index (χ0v) is 25.1. The number of nitrogens with zero attached hydrogens (tertiary/aromatic N) is 3. The van der Waals surface area contributed by atoms with E-state index in [0.717, 1.165) is 47.3 Å². The average Bonchev–Trinajstić information content (AvgIpc) is 2.97. The van der Waals surface area contributed by atoms with Gasteiger partial charge in [0.1, 0.15) is 17.2 Å². The van der Waals surface area contributed by atoms with Crippen molar-refractivity contribution in [2.24, 2.45) is 0 Å². The lowest BCUT2D eigenvalue weighted by molar-refractivity contribution is -0.113. The van der Waals surface area contributed by atoms with E-state index < -0.39 is 17.8 Å². The second-order valence-electron chi connectivity index (χ2n) is 11.4. The van der Waals surface area contributed by atoms with Crippen LogP contribution in [0.1, 0.15) is 70.2 Å². The van der Waals surface area contributed by atoms with Gasteiger partial charge in [0.2, 0.25) is 0 Å². The number of hydrogen-bond acceptors (Lipinski definition) is 6. The van der Waals surface area contributed by atoms with E-state index in [-0.39, 0.29) is 24.7 Å². The summed E-state index contributed by atoms with van der Waals surface area (Å²) in [7, 11) is 0. The first-order valence-electron chi connectivity index (χ1n) is 14.6. The topological polar surface area (TPSA) is 134 Å². The highest BCUT2D eigenvalue weighted by atomic mass is 16.6. The fourth-order valence-electron chi connectivity index (χ4n) is 4.87. The summed E-state index contributed by atoms with van der Waals surface area (Å²) in [5.74, 6) is 0.369. The van der Waals surface area contributed by atoms with Gasteiger partial charge in [-0.3, -0.25) is 15.0 Å². The monoisotopic (exact) mass is 585 g/mol. The first-order valence-corrected chi connectivity index (χ1v) is 14.6. The van der Waals surface area contributed by atoms with Crippen LogP contribution in [0.4, 0.5) is 26.9 Å². The predicted molar refractivity (Wildman–Crippen MR) is 167 cm³/mol. The number of nitrogens with one attached hydrogen (secondary N) is 2. The molecule has 0 fully saturated rings. The number of ether oxygens (including phenoxy) is 1. The van der Waals surface area contributed by atoms with Crippen LogP contribution in [0.25, 0.3) is 5.57 Å². The molecular formula is C33H39N5O5. The van der Waals surface area contributed by atoms with Gasteiger partial charge < -0.3 is 15.2 Å². The average molecular weight is 586 g/mol. The number of aromatic nitrogens is 2. The third-order valence-electron chi connectivity index (χ3n) is 6.99. The third kappa shape index (κ3) is 8.88. The summed E-state index contributed by atoms with van der Waals surface area (Å²) in [6, 6.07) is 16.7. The molecule has 1 aromatic carbocycles. The van der Waals surface area contributed by atoms with Crippen LogP contribution in [-0.2, 0) is 22.4 Å². The molecule has 0 aliphatic heterocycles. The Bertz CT molecular complexity index is 1480. The summed E-state index contributed by atoms with van der Waals surface area (Å²) in [5.41, 5.74) is 4.62. The largest absolute Gasteiger partial charge is 0.465 e. The van der Waals surface area contributed by atoms with E-state index in [4.69, 9.17) is 4.74 Å². The Kier molecular flexibility index (Phi) is 10.1. The SMILES string of the molecule is CCc1ccc(C2=C(C(=O)Nc3ccc(N(CCc4cccc(NC(=O)OC(C)(C)C)n4)C(=O)O)nc3)CCCC2)cc1. The molecule has 0 saturated heterocycles. The number of carbonyl (C=O) groups is 3. The maximum absolute atomic E-state index is 13.3. The van der Waals surface area contributed by atoms with Crippen LogP contribution in [0.3, 0.4) is 0 Å². The minimum absolute atomic E-state index is 0.0873. The number of pyridine rings is 2. The number of amides is 3. The fourth-order valence-corrected chi connectivity index (χ4v) is 4.87. The molecule has 0 unspecified atom stereocenters. The minimum Gasteiger partial charge on any atom is -0.465 e. The molecule has 0 bridgehead atoms. The van der Waals surface area contributed by atoms with Crippen molar-refractivity contribution in [3.8, 4) is 0 Å². The second-order valence-corrected chi connectivity index (χ2v) is 11.4. The van der Waals surface area contributed by atoms with E-state index in [9.17, 15) is 19.5 Å². The summed E-state index contributed by atoms with van der Waals surface area (Å²) in [4.78, 5) is 47.2. The van der Waals surface area contributed by atoms with Crippen LogP contribution in [-0.4, -0.2) is 45.3 Å². The number of carbonyl (C=O) groups excluding carboxylic acids is 2. The van der Waals surface area contributed by atoms with Crippen molar-refractivity contribution in [2.75, 3.05) is 22.1 Å². The van der Waals surface area contributed by atoms with Crippen LogP contribution >= 0.6 is 0 Å². The van der Waals surface area contributed by atoms with Crippen molar-refractivity contribution in [3.63, 3.8) is 0 Å². The van der Waals surface area contributed by atoms with Gasteiger partial charge in [-0.05, 0) is 93.8 Å². The Morgan fingerprint density at radius 1 is 0.977 bits per heavy atom. The number of allylic oxidation sites excluding steroid dienone is 1. The Hall–Kier alpha value is -4.73. The molecule has 0 saturated carbocycles. The highest BCUT2D eigenvalue weighted by Crippen LogP contribution is 2.33. The van der Waals surface area contributed by atoms with Gasteiger partial charge in [0.25, 0.3) is 5.91 Å². The summed E-state index contributed by atoms with van der Waals surface area (Å²) >= 11 is 0. The molecule has 3 aromatic rings. The van der Waals surface area contributed by atoms with Gasteiger partial charge in [-0.1, -0.05) is 37.3 Å². The van der Waals surface area contributed by atoms with Gasteiger partial charge in [-0.2, -0.15) is 0 Å². The van der Waals surface area contributed by atoms with E-state index in [1.807, 2.05) is 0 Å². The van der Waals surface area contributed by atoms with E-state index >= 15 is 0 Å². The summed E-state index contributed by atoms with van der Waals surface area (Å²) < 4.78 is 5.26. The van der Waals surface area contributed by atoms with Gasteiger partial charge >= 0.3 is 12.2 Å². The molecule has 3 N–H and O–H groups in total. The molecule has 0 spiro atoms. The lowest BCUT2D eigenvalue weighted by atomic mass is 9.86. The number of rotatable bonds is 9. The molecule has 4 rings (SSSR count). The highest BCUT2D eigenvalue weighted by Gasteiger charge is 2.22. The van der Waals surface area contributed by atoms with Gasteiger partial charge in [0.15, 0.2) is 0 Å². The molecule has 226 valence electrons. The van der Waals surface area contributed by atoms with Crippen molar-refractivity contribution < 1.29 is 24.2 Å². The number of benzene rings is 1. The quantitative estimate of drug-likeness (QED) is 0.244. The van der Waals surface area contributed by atoms with Crippen molar-refractivity contribution in [1.82, 2.24) is 9.97 Å². The molecule has 0 atom stereocenters. The molecule has 10 heteroatoms. The normalized spacial score (nSPS) is 13.3. The summed E-state index contributed by atoms with van der Waals surface area (Å²) in [6.07, 6.45) is 4.48. The smallest absolute Gasteiger partial charge is 0.413 e. The first-order chi connectivity index (χ1) is 20.5. The minimum atomic E-state index is -1.17. The van der Waals surface area contributed by atoms with Gasteiger partial charge in [-0.25, -0.2) is 19.6 Å². The molecular weight excluding hydrogens is 546 g/mol. The van der Waals surface area contributed by atoms with Crippen LogP contribution in [0, 0.1) is 0 Å². The maximum atomic E-state index is 13.3. The van der Waals surface area contributed by atoms with Gasteiger partial charge in [-0.15, -0.1) is 0 Å². The van der Waals surface area contributed by atoms with Crippen molar-refractivity contribution >= 4 is 41.0 Å². The van der Waals surface area contributed by atoms with Crippen molar-refractivity contribution in [2.45, 2.75) is 71.8 Å². The van der Waals surface area contributed by atoms with E-state index in [0.29, 0.717) is 23.6 Å². The van der Waals surface area contributed by atoms with Crippen LogP contribution < -0.4 is 15.5 Å². The Morgan fingerprint density at radius 2 is 1.72 bits per heavy atom. The number of aryl methyl sites for hydroxylation is 1. The molecule has 43 heavy (non-hydrogen) atoms. The van der Waals surface area contributed by atoms with E-state index in [1.165, 1.54) is 11.8 Å². The van der Waals surface area contributed by atoms with Gasteiger partial charge in [0.05, 0.1) is 11.9 Å². The lowest BCUT2D eigenvalue weighted by Gasteiger charge is -2.21. The van der Waals surface area contributed by atoms with E-state index in [1.54, 1.807) is 51.1 Å². The fraction of sp³-hybridized carbons (Fsp3) is 0.364.